The van der Waals surface area contributed by atoms with E-state index in [1.165, 1.54) is 55.7 Å². The number of para-hydroxylation sites is 1. The van der Waals surface area contributed by atoms with Crippen molar-refractivity contribution in [2.24, 2.45) is 0 Å². The molecular weight excluding hydrogens is 472 g/mol. The minimum absolute atomic E-state index is 0.0507. The van der Waals surface area contributed by atoms with Crippen LogP contribution >= 0.6 is 0 Å². The van der Waals surface area contributed by atoms with Crippen LogP contribution in [0.1, 0.15) is 11.1 Å². The van der Waals surface area contributed by atoms with Crippen molar-refractivity contribution >= 4 is 29.6 Å². The highest BCUT2D eigenvalue weighted by Gasteiger charge is 2.34. The number of hydrogen-bond donors (Lipinski definition) is 2. The zero-order chi connectivity index (χ0) is 25.7. The molecule has 4 amide bonds. The summed E-state index contributed by atoms with van der Waals surface area (Å²) in [6.07, 6.45) is 1.39. The van der Waals surface area contributed by atoms with E-state index in [2.05, 4.69) is 10.6 Å². The first-order chi connectivity index (χ1) is 17.4. The monoisotopic (exact) mass is 493 g/mol. The molecule has 1 aliphatic heterocycles. The van der Waals surface area contributed by atoms with Crippen LogP contribution in [0.15, 0.2) is 72.4 Å². The van der Waals surface area contributed by atoms with Gasteiger partial charge in [-0.05, 0) is 42.5 Å². The molecule has 36 heavy (non-hydrogen) atoms. The standard InChI is InChI=1S/C26H21F2N3O5/c1-35-22-8-4-6-16(24(22)36-15-23(32)29-19-11-9-18(27)10-12-19)13-21-25(33)31(26(34)30-21)14-17-5-2-3-7-20(17)28/h2-13H,14-15H2,1H3,(H,29,32)(H,30,34)/b21-13+. The summed E-state index contributed by atoms with van der Waals surface area (Å²) in [5.41, 5.74) is 0.895. The summed E-state index contributed by atoms with van der Waals surface area (Å²) in [5.74, 6) is -1.66. The van der Waals surface area contributed by atoms with Crippen LogP contribution in [0, 0.1) is 11.6 Å². The largest absolute Gasteiger partial charge is 0.493 e. The topological polar surface area (TPSA) is 97.0 Å². The van der Waals surface area contributed by atoms with E-state index in [0.717, 1.165) is 4.90 Å². The van der Waals surface area contributed by atoms with Gasteiger partial charge in [0, 0.05) is 16.8 Å². The van der Waals surface area contributed by atoms with E-state index in [4.69, 9.17) is 9.47 Å². The number of benzene rings is 3. The number of amides is 4. The molecular formula is C26H21F2N3O5. The van der Waals surface area contributed by atoms with E-state index in [1.807, 2.05) is 0 Å². The summed E-state index contributed by atoms with van der Waals surface area (Å²) < 4.78 is 38.1. The number of nitrogens with zero attached hydrogens (tertiary/aromatic N) is 1. The number of rotatable bonds is 8. The van der Waals surface area contributed by atoms with E-state index >= 15 is 0 Å². The minimum Gasteiger partial charge on any atom is -0.493 e. The molecule has 4 rings (SSSR count). The first-order valence-corrected chi connectivity index (χ1v) is 10.8. The van der Waals surface area contributed by atoms with Gasteiger partial charge in [-0.1, -0.05) is 30.3 Å². The average molecular weight is 493 g/mol. The average Bonchev–Trinajstić information content (AvgIpc) is 3.13. The summed E-state index contributed by atoms with van der Waals surface area (Å²) in [7, 11) is 1.41. The molecule has 0 atom stereocenters. The van der Waals surface area contributed by atoms with E-state index in [9.17, 15) is 23.2 Å². The Kier molecular flexibility index (Phi) is 7.24. The number of anilines is 1. The summed E-state index contributed by atoms with van der Waals surface area (Å²) >= 11 is 0. The van der Waals surface area contributed by atoms with Crippen LogP contribution in [0.5, 0.6) is 11.5 Å². The molecule has 1 fully saturated rings. The van der Waals surface area contributed by atoms with Gasteiger partial charge in [0.1, 0.15) is 17.3 Å². The maximum Gasteiger partial charge on any atom is 0.329 e. The molecule has 0 aromatic heterocycles. The van der Waals surface area contributed by atoms with Crippen molar-refractivity contribution in [1.29, 1.82) is 0 Å². The van der Waals surface area contributed by atoms with Crippen molar-refractivity contribution in [3.8, 4) is 11.5 Å². The van der Waals surface area contributed by atoms with Gasteiger partial charge in [-0.3, -0.25) is 14.5 Å². The van der Waals surface area contributed by atoms with Crippen LogP contribution in [0.2, 0.25) is 0 Å². The zero-order valence-electron chi connectivity index (χ0n) is 19.1. The van der Waals surface area contributed by atoms with Gasteiger partial charge in [-0.25, -0.2) is 13.6 Å². The fourth-order valence-corrected chi connectivity index (χ4v) is 3.50. The number of hydrogen-bond acceptors (Lipinski definition) is 5. The van der Waals surface area contributed by atoms with Gasteiger partial charge in [0.15, 0.2) is 18.1 Å². The Hall–Kier alpha value is -4.73. The number of nitrogens with one attached hydrogen (secondary N) is 2. The van der Waals surface area contributed by atoms with Crippen molar-refractivity contribution in [3.05, 3.63) is 95.2 Å². The fourth-order valence-electron chi connectivity index (χ4n) is 3.50. The van der Waals surface area contributed by atoms with Crippen LogP contribution in [0.3, 0.4) is 0 Å². The first kappa shape index (κ1) is 24.4. The maximum atomic E-state index is 14.0. The Labute approximate surface area is 205 Å². The van der Waals surface area contributed by atoms with Crippen LogP contribution in [0.25, 0.3) is 6.08 Å². The second kappa shape index (κ2) is 10.7. The van der Waals surface area contributed by atoms with Gasteiger partial charge in [0.25, 0.3) is 11.8 Å². The highest BCUT2D eigenvalue weighted by Crippen LogP contribution is 2.33. The zero-order valence-corrected chi connectivity index (χ0v) is 19.1. The number of ether oxygens (including phenoxy) is 2. The highest BCUT2D eigenvalue weighted by atomic mass is 19.1. The molecule has 8 nitrogen and oxygen atoms in total. The third-order valence-electron chi connectivity index (χ3n) is 5.25. The molecule has 1 aliphatic rings. The third-order valence-corrected chi connectivity index (χ3v) is 5.25. The first-order valence-electron chi connectivity index (χ1n) is 10.8. The van der Waals surface area contributed by atoms with E-state index in [-0.39, 0.29) is 23.6 Å². The quantitative estimate of drug-likeness (QED) is 0.364. The SMILES string of the molecule is COc1cccc(/C=C2/NC(=O)N(Cc3ccccc3F)C2=O)c1OCC(=O)Nc1ccc(F)cc1. The number of halogens is 2. The molecule has 184 valence electrons. The number of carbonyl (C=O) groups excluding carboxylic acids is 3. The van der Waals surface area contributed by atoms with Crippen molar-refractivity contribution in [2.75, 3.05) is 19.0 Å². The minimum atomic E-state index is -0.696. The molecule has 3 aromatic rings. The second-order valence-corrected chi connectivity index (χ2v) is 7.69. The third kappa shape index (κ3) is 5.49. The normalized spacial score (nSPS) is 14.1. The number of imide groups is 1. The van der Waals surface area contributed by atoms with Crippen LogP contribution in [-0.4, -0.2) is 36.5 Å². The predicted molar refractivity (Wildman–Crippen MR) is 127 cm³/mol. The highest BCUT2D eigenvalue weighted by molar-refractivity contribution is 6.14. The fraction of sp³-hybridized carbons (Fsp3) is 0.115. The summed E-state index contributed by atoms with van der Waals surface area (Å²) in [4.78, 5) is 38.5. The molecule has 10 heteroatoms. The lowest BCUT2D eigenvalue weighted by molar-refractivity contribution is -0.123. The molecule has 0 radical (unpaired) electrons. The van der Waals surface area contributed by atoms with E-state index in [0.29, 0.717) is 17.0 Å². The van der Waals surface area contributed by atoms with E-state index < -0.39 is 36.1 Å². The molecule has 0 unspecified atom stereocenters. The summed E-state index contributed by atoms with van der Waals surface area (Å²) in [5, 5.41) is 5.06. The Bertz CT molecular complexity index is 1340. The van der Waals surface area contributed by atoms with Gasteiger partial charge in [-0.15, -0.1) is 0 Å². The smallest absolute Gasteiger partial charge is 0.329 e. The summed E-state index contributed by atoms with van der Waals surface area (Å²) in [6.45, 7) is -0.645. The summed E-state index contributed by atoms with van der Waals surface area (Å²) in [6, 6.07) is 15.3. The Morgan fingerprint density at radius 3 is 2.50 bits per heavy atom. The van der Waals surface area contributed by atoms with Gasteiger partial charge >= 0.3 is 6.03 Å². The van der Waals surface area contributed by atoms with Crippen molar-refractivity contribution < 1.29 is 32.6 Å². The van der Waals surface area contributed by atoms with Gasteiger partial charge < -0.3 is 20.1 Å². The van der Waals surface area contributed by atoms with Crippen molar-refractivity contribution in [3.63, 3.8) is 0 Å². The Morgan fingerprint density at radius 2 is 1.78 bits per heavy atom. The van der Waals surface area contributed by atoms with Gasteiger partial charge in [-0.2, -0.15) is 0 Å². The Balaban J connectivity index is 1.52. The van der Waals surface area contributed by atoms with Crippen LogP contribution in [0.4, 0.5) is 19.3 Å². The molecule has 3 aromatic carbocycles. The molecule has 1 saturated heterocycles. The van der Waals surface area contributed by atoms with Crippen LogP contribution < -0.4 is 20.1 Å². The van der Waals surface area contributed by atoms with Gasteiger partial charge in [0.05, 0.1) is 13.7 Å². The van der Waals surface area contributed by atoms with Gasteiger partial charge in [0.2, 0.25) is 0 Å². The van der Waals surface area contributed by atoms with Crippen LogP contribution in [-0.2, 0) is 16.1 Å². The van der Waals surface area contributed by atoms with Crippen molar-refractivity contribution in [2.45, 2.75) is 6.54 Å². The molecule has 0 aliphatic carbocycles. The predicted octanol–water partition coefficient (Wildman–Crippen LogP) is 4.08. The lowest BCUT2D eigenvalue weighted by atomic mass is 10.1. The van der Waals surface area contributed by atoms with Crippen molar-refractivity contribution in [1.82, 2.24) is 10.2 Å². The number of carbonyl (C=O) groups is 3. The second-order valence-electron chi connectivity index (χ2n) is 7.69. The maximum absolute atomic E-state index is 14.0. The molecule has 2 N–H and O–H groups in total. The molecule has 1 heterocycles. The molecule has 0 spiro atoms. The number of urea groups is 1. The lowest BCUT2D eigenvalue weighted by Gasteiger charge is -2.14. The Morgan fingerprint density at radius 1 is 1.03 bits per heavy atom. The number of methoxy groups -OCH3 is 1. The van der Waals surface area contributed by atoms with E-state index in [1.54, 1.807) is 24.3 Å². The molecule has 0 bridgehead atoms. The molecule has 0 saturated carbocycles. The lowest BCUT2D eigenvalue weighted by Crippen LogP contribution is -2.30.